The minimum Gasteiger partial charge on any atom is -0.369 e. The second-order valence-electron chi connectivity index (χ2n) is 8.21. The summed E-state index contributed by atoms with van der Waals surface area (Å²) in [5.41, 5.74) is 5.04. The number of hydrogen-bond acceptors (Lipinski definition) is 6. The molecule has 1 aliphatic heterocycles. The molecule has 0 bridgehead atoms. The molecule has 2 amide bonds. The number of rotatable bonds is 5. The molecule has 1 aliphatic rings. The Hall–Kier alpha value is -3.65. The van der Waals surface area contributed by atoms with E-state index in [1.807, 2.05) is 38.1 Å². The predicted molar refractivity (Wildman–Crippen MR) is 130 cm³/mol. The number of carbonyl (C=O) groups excluding carboxylic acids is 1. The minimum atomic E-state index is -0.350. The summed E-state index contributed by atoms with van der Waals surface area (Å²) in [6.45, 7) is 8.13. The molecule has 3 N–H and O–H groups in total. The second kappa shape index (κ2) is 9.65. The first-order chi connectivity index (χ1) is 15.4. The number of nitrogens with one attached hydrogen (secondary N) is 3. The molecule has 3 aromatic rings. The summed E-state index contributed by atoms with van der Waals surface area (Å²) in [5, 5.41) is 8.93. The molecule has 32 heavy (non-hydrogen) atoms. The van der Waals surface area contributed by atoms with Crippen molar-refractivity contribution in [3.05, 3.63) is 66.0 Å². The normalized spacial score (nSPS) is 14.2. The highest BCUT2D eigenvalue weighted by Crippen LogP contribution is 2.23. The van der Waals surface area contributed by atoms with Gasteiger partial charge in [-0.05, 0) is 62.4 Å². The number of carbonyl (C=O) groups is 1. The van der Waals surface area contributed by atoms with Crippen molar-refractivity contribution in [3.63, 3.8) is 0 Å². The molecule has 8 nitrogen and oxygen atoms in total. The molecule has 0 radical (unpaired) electrons. The van der Waals surface area contributed by atoms with Crippen LogP contribution < -0.4 is 20.9 Å². The molecular weight excluding hydrogens is 402 g/mol. The van der Waals surface area contributed by atoms with Crippen LogP contribution in [0.4, 0.5) is 33.5 Å². The largest absolute Gasteiger partial charge is 0.369 e. The maximum atomic E-state index is 12.4. The number of hydrogen-bond donors (Lipinski definition) is 3. The number of piperazine rings is 1. The monoisotopic (exact) mass is 431 g/mol. The van der Waals surface area contributed by atoms with Gasteiger partial charge in [0.1, 0.15) is 18.0 Å². The van der Waals surface area contributed by atoms with Gasteiger partial charge in [0.25, 0.3) is 0 Å². The van der Waals surface area contributed by atoms with Crippen molar-refractivity contribution in [1.82, 2.24) is 14.9 Å². The summed E-state index contributed by atoms with van der Waals surface area (Å²) in [4.78, 5) is 25.6. The molecule has 166 valence electrons. The average molecular weight is 432 g/mol. The first-order valence-corrected chi connectivity index (χ1v) is 10.7. The number of aryl methyl sites for hydroxylation is 2. The van der Waals surface area contributed by atoms with Gasteiger partial charge in [-0.15, -0.1) is 0 Å². The number of aromatic nitrogens is 2. The van der Waals surface area contributed by atoms with Crippen molar-refractivity contribution in [1.29, 1.82) is 0 Å². The third kappa shape index (κ3) is 5.73. The van der Waals surface area contributed by atoms with Crippen LogP contribution in [0.1, 0.15) is 11.1 Å². The Morgan fingerprint density at radius 1 is 0.844 bits per heavy atom. The average Bonchev–Trinajstić information content (AvgIpc) is 2.74. The quantitative estimate of drug-likeness (QED) is 0.561. The molecule has 4 rings (SSSR count). The van der Waals surface area contributed by atoms with Gasteiger partial charge in [0.2, 0.25) is 0 Å². The zero-order valence-corrected chi connectivity index (χ0v) is 18.7. The topological polar surface area (TPSA) is 85.4 Å². The third-order valence-corrected chi connectivity index (χ3v) is 5.38. The molecule has 0 spiro atoms. The SMILES string of the molecule is Cc1cc(C)cc(NC(=O)Nc2cc(Nc3cccc(N4CCN(C)CC4)c3)ncn2)c1. The Morgan fingerprint density at radius 3 is 2.31 bits per heavy atom. The van der Waals surface area contributed by atoms with Crippen LogP contribution in [0.5, 0.6) is 0 Å². The summed E-state index contributed by atoms with van der Waals surface area (Å²) in [7, 11) is 2.15. The number of urea groups is 1. The van der Waals surface area contributed by atoms with E-state index in [1.165, 1.54) is 12.0 Å². The molecule has 8 heteroatoms. The minimum absolute atomic E-state index is 0.350. The van der Waals surface area contributed by atoms with E-state index in [-0.39, 0.29) is 6.03 Å². The standard InChI is InChI=1S/C24H29N7O/c1-17-11-18(2)13-20(12-17)28-24(32)29-23-15-22(25-16-26-23)27-19-5-4-6-21(14-19)31-9-7-30(3)8-10-31/h4-6,11-16H,7-10H2,1-3H3,(H3,25,26,27,28,29,32). The fourth-order valence-corrected chi connectivity index (χ4v) is 3.81. The summed E-state index contributed by atoms with van der Waals surface area (Å²) < 4.78 is 0. The fraction of sp³-hybridized carbons (Fsp3) is 0.292. The van der Waals surface area contributed by atoms with Crippen LogP contribution in [0.15, 0.2) is 54.9 Å². The third-order valence-electron chi connectivity index (χ3n) is 5.38. The van der Waals surface area contributed by atoms with Crippen molar-refractivity contribution in [2.45, 2.75) is 13.8 Å². The van der Waals surface area contributed by atoms with Gasteiger partial charge in [-0.2, -0.15) is 0 Å². The molecule has 1 aromatic heterocycles. The lowest BCUT2D eigenvalue weighted by atomic mass is 10.1. The van der Waals surface area contributed by atoms with Gasteiger partial charge in [0.15, 0.2) is 0 Å². The maximum absolute atomic E-state index is 12.4. The Kier molecular flexibility index (Phi) is 6.51. The van der Waals surface area contributed by atoms with Crippen molar-refractivity contribution in [2.24, 2.45) is 0 Å². The van der Waals surface area contributed by atoms with Crippen molar-refractivity contribution >= 4 is 34.7 Å². The van der Waals surface area contributed by atoms with E-state index in [9.17, 15) is 4.79 Å². The highest BCUT2D eigenvalue weighted by molar-refractivity contribution is 5.99. The molecule has 0 aliphatic carbocycles. The lowest BCUT2D eigenvalue weighted by molar-refractivity contribution is 0.262. The molecular formula is C24H29N7O. The van der Waals surface area contributed by atoms with Crippen LogP contribution in [0, 0.1) is 13.8 Å². The van der Waals surface area contributed by atoms with Gasteiger partial charge < -0.3 is 20.4 Å². The summed E-state index contributed by atoms with van der Waals surface area (Å²) in [6, 6.07) is 15.5. The zero-order chi connectivity index (χ0) is 22.5. The van der Waals surface area contributed by atoms with E-state index >= 15 is 0 Å². The number of likely N-dealkylation sites (N-methyl/N-ethyl adjacent to an activating group) is 1. The Labute approximate surface area is 188 Å². The van der Waals surface area contributed by atoms with Gasteiger partial charge in [-0.1, -0.05) is 12.1 Å². The van der Waals surface area contributed by atoms with Gasteiger partial charge in [-0.25, -0.2) is 14.8 Å². The van der Waals surface area contributed by atoms with Crippen LogP contribution in [0.3, 0.4) is 0 Å². The van der Waals surface area contributed by atoms with Crippen molar-refractivity contribution < 1.29 is 4.79 Å². The highest BCUT2D eigenvalue weighted by atomic mass is 16.2. The number of anilines is 5. The van der Waals surface area contributed by atoms with E-state index in [4.69, 9.17) is 0 Å². The fourth-order valence-electron chi connectivity index (χ4n) is 3.81. The zero-order valence-electron chi connectivity index (χ0n) is 18.7. The summed E-state index contributed by atoms with van der Waals surface area (Å²) in [6.07, 6.45) is 1.43. The first-order valence-electron chi connectivity index (χ1n) is 10.7. The first kappa shape index (κ1) is 21.6. The van der Waals surface area contributed by atoms with Gasteiger partial charge in [-0.3, -0.25) is 5.32 Å². The van der Waals surface area contributed by atoms with Crippen LogP contribution >= 0.6 is 0 Å². The van der Waals surface area contributed by atoms with E-state index in [0.717, 1.165) is 48.7 Å². The Bertz CT molecular complexity index is 1070. The lowest BCUT2D eigenvalue weighted by Crippen LogP contribution is -2.44. The smallest absolute Gasteiger partial charge is 0.324 e. The van der Waals surface area contributed by atoms with E-state index in [1.54, 1.807) is 6.07 Å². The van der Waals surface area contributed by atoms with Gasteiger partial charge in [0.05, 0.1) is 0 Å². The molecule has 0 unspecified atom stereocenters. The van der Waals surface area contributed by atoms with Crippen LogP contribution in [-0.4, -0.2) is 54.1 Å². The van der Waals surface area contributed by atoms with E-state index in [0.29, 0.717) is 11.6 Å². The number of benzene rings is 2. The van der Waals surface area contributed by atoms with Crippen molar-refractivity contribution in [2.75, 3.05) is 54.1 Å². The second-order valence-corrected chi connectivity index (χ2v) is 8.21. The van der Waals surface area contributed by atoms with Crippen molar-refractivity contribution in [3.8, 4) is 0 Å². The van der Waals surface area contributed by atoms with Crippen LogP contribution in [0.2, 0.25) is 0 Å². The lowest BCUT2D eigenvalue weighted by Gasteiger charge is -2.34. The number of nitrogens with zero attached hydrogens (tertiary/aromatic N) is 4. The molecule has 0 saturated carbocycles. The highest BCUT2D eigenvalue weighted by Gasteiger charge is 2.14. The molecule has 2 heterocycles. The molecule has 0 atom stereocenters. The predicted octanol–water partition coefficient (Wildman–Crippen LogP) is 4.23. The summed E-state index contributed by atoms with van der Waals surface area (Å²) in [5.74, 6) is 1.02. The van der Waals surface area contributed by atoms with Gasteiger partial charge in [0, 0.05) is 49.3 Å². The van der Waals surface area contributed by atoms with E-state index < -0.39 is 0 Å². The Morgan fingerprint density at radius 2 is 1.56 bits per heavy atom. The molecule has 2 aromatic carbocycles. The maximum Gasteiger partial charge on any atom is 0.324 e. The molecule has 1 saturated heterocycles. The van der Waals surface area contributed by atoms with E-state index in [2.05, 4.69) is 61.0 Å². The van der Waals surface area contributed by atoms with Crippen LogP contribution in [0.25, 0.3) is 0 Å². The van der Waals surface area contributed by atoms with Crippen LogP contribution in [-0.2, 0) is 0 Å². The Balaban J connectivity index is 1.40. The number of amides is 2. The summed E-state index contributed by atoms with van der Waals surface area (Å²) >= 11 is 0. The van der Waals surface area contributed by atoms with Gasteiger partial charge >= 0.3 is 6.03 Å². The molecule has 1 fully saturated rings.